The van der Waals surface area contributed by atoms with Gasteiger partial charge in [0.1, 0.15) is 5.75 Å². The van der Waals surface area contributed by atoms with Crippen molar-refractivity contribution in [1.82, 2.24) is 5.32 Å². The van der Waals surface area contributed by atoms with Crippen molar-refractivity contribution < 1.29 is 4.74 Å². The van der Waals surface area contributed by atoms with Crippen molar-refractivity contribution in [3.8, 4) is 5.75 Å². The summed E-state index contributed by atoms with van der Waals surface area (Å²) in [5.74, 6) is 0.922. The monoisotopic (exact) mass is 267 g/mol. The number of hydrogen-bond acceptors (Lipinski definition) is 2. The van der Waals surface area contributed by atoms with Gasteiger partial charge in [-0.2, -0.15) is 0 Å². The van der Waals surface area contributed by atoms with E-state index in [0.717, 1.165) is 18.6 Å². The Balaban J connectivity index is 1.67. The number of rotatable bonds is 4. The highest BCUT2D eigenvalue weighted by Crippen LogP contribution is 2.25. The zero-order valence-corrected chi connectivity index (χ0v) is 12.1. The molecule has 2 heteroatoms. The van der Waals surface area contributed by atoms with Gasteiger partial charge in [-0.3, -0.25) is 0 Å². The molecular weight excluding hydrogens is 246 g/mol. The summed E-state index contributed by atoms with van der Waals surface area (Å²) < 4.78 is 5.30. The van der Waals surface area contributed by atoms with Crippen molar-refractivity contribution in [1.29, 1.82) is 0 Å². The van der Waals surface area contributed by atoms with E-state index in [1.54, 1.807) is 7.11 Å². The largest absolute Gasteiger partial charge is 0.497 e. The Bertz CT molecular complexity index is 568. The van der Waals surface area contributed by atoms with E-state index in [9.17, 15) is 0 Å². The minimum Gasteiger partial charge on any atom is -0.497 e. The van der Waals surface area contributed by atoms with Crippen LogP contribution in [-0.4, -0.2) is 13.2 Å². The number of nitrogens with one attached hydrogen (secondary N) is 1. The molecule has 0 fully saturated rings. The second kappa shape index (κ2) is 5.68. The lowest BCUT2D eigenvalue weighted by Crippen LogP contribution is -2.32. The maximum Gasteiger partial charge on any atom is 0.119 e. The SMILES string of the molecule is COc1cccc([C@@H](C)NC2Cc3ccccc3C2)c1. The number of fused-ring (bicyclic) bond motifs is 1. The highest BCUT2D eigenvalue weighted by Gasteiger charge is 2.22. The lowest BCUT2D eigenvalue weighted by atomic mass is 10.1. The fourth-order valence-electron chi connectivity index (χ4n) is 3.04. The van der Waals surface area contributed by atoms with Crippen LogP contribution in [0.25, 0.3) is 0 Å². The molecule has 2 nitrogen and oxygen atoms in total. The van der Waals surface area contributed by atoms with Crippen LogP contribution in [0.5, 0.6) is 5.75 Å². The fraction of sp³-hybridized carbons (Fsp3) is 0.333. The molecule has 104 valence electrons. The molecule has 2 aromatic rings. The quantitative estimate of drug-likeness (QED) is 0.915. The van der Waals surface area contributed by atoms with E-state index in [2.05, 4.69) is 54.7 Å². The Labute approximate surface area is 120 Å². The molecule has 0 amide bonds. The molecule has 1 atom stereocenters. The van der Waals surface area contributed by atoms with E-state index in [4.69, 9.17) is 4.74 Å². The van der Waals surface area contributed by atoms with Gasteiger partial charge in [-0.1, -0.05) is 36.4 Å². The van der Waals surface area contributed by atoms with Crippen LogP contribution >= 0.6 is 0 Å². The zero-order chi connectivity index (χ0) is 13.9. The maximum atomic E-state index is 5.30. The Kier molecular flexibility index (Phi) is 3.75. The van der Waals surface area contributed by atoms with Crippen LogP contribution in [0.1, 0.15) is 29.7 Å². The third-order valence-electron chi connectivity index (χ3n) is 4.13. The van der Waals surface area contributed by atoms with Gasteiger partial charge in [-0.05, 0) is 48.6 Å². The lowest BCUT2D eigenvalue weighted by Gasteiger charge is -2.20. The normalized spacial score (nSPS) is 15.9. The van der Waals surface area contributed by atoms with Gasteiger partial charge in [0.05, 0.1) is 7.11 Å². The van der Waals surface area contributed by atoms with E-state index in [1.807, 2.05) is 6.07 Å². The molecule has 1 N–H and O–H groups in total. The van der Waals surface area contributed by atoms with Crippen LogP contribution in [0.15, 0.2) is 48.5 Å². The summed E-state index contributed by atoms with van der Waals surface area (Å²) in [7, 11) is 1.71. The Hall–Kier alpha value is -1.80. The van der Waals surface area contributed by atoms with Crippen LogP contribution < -0.4 is 10.1 Å². The summed E-state index contributed by atoms with van der Waals surface area (Å²) in [5.41, 5.74) is 4.26. The molecule has 0 saturated carbocycles. The standard InChI is InChI=1S/C18H21NO/c1-13(14-8-5-9-18(12-14)20-2)19-17-10-15-6-3-4-7-16(15)11-17/h3-9,12-13,17,19H,10-11H2,1-2H3/t13-/m1/s1. The molecule has 2 aromatic carbocycles. The van der Waals surface area contributed by atoms with Crippen LogP contribution in [0.3, 0.4) is 0 Å². The van der Waals surface area contributed by atoms with Gasteiger partial charge in [0, 0.05) is 12.1 Å². The maximum absolute atomic E-state index is 5.30. The zero-order valence-electron chi connectivity index (χ0n) is 12.1. The fourth-order valence-corrected chi connectivity index (χ4v) is 3.04. The van der Waals surface area contributed by atoms with Crippen molar-refractivity contribution in [2.45, 2.75) is 31.8 Å². The molecule has 20 heavy (non-hydrogen) atoms. The summed E-state index contributed by atoms with van der Waals surface area (Å²) in [6.07, 6.45) is 2.26. The van der Waals surface area contributed by atoms with E-state index in [-0.39, 0.29) is 0 Å². The predicted octanol–water partition coefficient (Wildman–Crippen LogP) is 3.51. The van der Waals surface area contributed by atoms with E-state index >= 15 is 0 Å². The summed E-state index contributed by atoms with van der Waals surface area (Å²) in [4.78, 5) is 0. The first-order chi connectivity index (χ1) is 9.76. The number of methoxy groups -OCH3 is 1. The molecule has 0 heterocycles. The number of hydrogen-bond donors (Lipinski definition) is 1. The predicted molar refractivity (Wildman–Crippen MR) is 82.2 cm³/mol. The van der Waals surface area contributed by atoms with Crippen molar-refractivity contribution in [3.63, 3.8) is 0 Å². The van der Waals surface area contributed by atoms with Gasteiger partial charge < -0.3 is 10.1 Å². The van der Waals surface area contributed by atoms with Gasteiger partial charge in [-0.25, -0.2) is 0 Å². The van der Waals surface area contributed by atoms with Gasteiger partial charge in [0.15, 0.2) is 0 Å². The van der Waals surface area contributed by atoms with Crippen molar-refractivity contribution in [2.24, 2.45) is 0 Å². The molecule has 1 aliphatic rings. The van der Waals surface area contributed by atoms with E-state index in [0.29, 0.717) is 12.1 Å². The van der Waals surface area contributed by atoms with Gasteiger partial charge in [0.25, 0.3) is 0 Å². The van der Waals surface area contributed by atoms with Crippen molar-refractivity contribution in [2.75, 3.05) is 7.11 Å². The minimum atomic E-state index is 0.337. The molecule has 1 aliphatic carbocycles. The van der Waals surface area contributed by atoms with Crippen LogP contribution in [0, 0.1) is 0 Å². The summed E-state index contributed by atoms with van der Waals surface area (Å²) in [5, 5.41) is 3.74. The van der Waals surface area contributed by atoms with Crippen LogP contribution in [-0.2, 0) is 12.8 Å². The Morgan fingerprint density at radius 3 is 2.40 bits per heavy atom. The highest BCUT2D eigenvalue weighted by atomic mass is 16.5. The second-order valence-electron chi connectivity index (χ2n) is 5.54. The third kappa shape index (κ3) is 2.70. The third-order valence-corrected chi connectivity index (χ3v) is 4.13. The van der Waals surface area contributed by atoms with Gasteiger partial charge in [0.2, 0.25) is 0 Å². The molecule has 0 aliphatic heterocycles. The molecule has 0 aromatic heterocycles. The van der Waals surface area contributed by atoms with Crippen LogP contribution in [0.2, 0.25) is 0 Å². The van der Waals surface area contributed by atoms with Crippen LogP contribution in [0.4, 0.5) is 0 Å². The molecule has 0 spiro atoms. The first kappa shape index (κ1) is 13.2. The number of benzene rings is 2. The molecule has 0 saturated heterocycles. The molecule has 0 bridgehead atoms. The van der Waals surface area contributed by atoms with E-state index in [1.165, 1.54) is 16.7 Å². The Morgan fingerprint density at radius 2 is 1.75 bits per heavy atom. The number of ether oxygens (including phenoxy) is 1. The molecule has 0 radical (unpaired) electrons. The van der Waals surface area contributed by atoms with Gasteiger partial charge >= 0.3 is 0 Å². The van der Waals surface area contributed by atoms with Gasteiger partial charge in [-0.15, -0.1) is 0 Å². The first-order valence-corrected chi connectivity index (χ1v) is 7.23. The smallest absolute Gasteiger partial charge is 0.119 e. The summed E-state index contributed by atoms with van der Waals surface area (Å²) >= 11 is 0. The molecular formula is C18H21NO. The Morgan fingerprint density at radius 1 is 1.05 bits per heavy atom. The highest BCUT2D eigenvalue weighted by molar-refractivity contribution is 5.34. The molecule has 0 unspecified atom stereocenters. The average Bonchev–Trinajstić information content (AvgIpc) is 2.89. The lowest BCUT2D eigenvalue weighted by molar-refractivity contribution is 0.411. The summed E-state index contributed by atoms with van der Waals surface area (Å²) in [6.45, 7) is 2.22. The first-order valence-electron chi connectivity index (χ1n) is 7.23. The summed E-state index contributed by atoms with van der Waals surface area (Å²) in [6, 6.07) is 17.9. The second-order valence-corrected chi connectivity index (χ2v) is 5.54. The van der Waals surface area contributed by atoms with Crippen molar-refractivity contribution >= 4 is 0 Å². The topological polar surface area (TPSA) is 21.3 Å². The molecule has 3 rings (SSSR count). The minimum absolute atomic E-state index is 0.337. The van der Waals surface area contributed by atoms with Crippen molar-refractivity contribution in [3.05, 3.63) is 65.2 Å². The average molecular weight is 267 g/mol. The van der Waals surface area contributed by atoms with E-state index < -0.39 is 0 Å².